The van der Waals surface area contributed by atoms with E-state index in [0.717, 1.165) is 11.3 Å². The minimum absolute atomic E-state index is 0.211. The van der Waals surface area contributed by atoms with Crippen LogP contribution in [0.1, 0.15) is 18.2 Å². The average Bonchev–Trinajstić information content (AvgIpc) is 3.19. The van der Waals surface area contributed by atoms with Gasteiger partial charge in [-0.2, -0.15) is 0 Å². The van der Waals surface area contributed by atoms with Crippen molar-refractivity contribution in [3.8, 4) is 5.69 Å². The van der Waals surface area contributed by atoms with Gasteiger partial charge in [-0.3, -0.25) is 14.7 Å². The normalized spacial score (nSPS) is 12.2. The molecule has 9 heteroatoms. The van der Waals surface area contributed by atoms with Crippen LogP contribution in [0.2, 0.25) is 5.02 Å². The maximum absolute atomic E-state index is 12.3. The van der Waals surface area contributed by atoms with E-state index in [0.29, 0.717) is 21.8 Å². The maximum atomic E-state index is 12.3. The number of aromatic nitrogens is 4. The van der Waals surface area contributed by atoms with Crippen LogP contribution in [0.25, 0.3) is 5.69 Å². The third kappa shape index (κ3) is 4.02. The topological polar surface area (TPSA) is 85.8 Å². The summed E-state index contributed by atoms with van der Waals surface area (Å²) in [6.07, 6.45) is 1.59. The van der Waals surface area contributed by atoms with Gasteiger partial charge in [0, 0.05) is 11.1 Å². The molecular formula is C16H16ClN5O2S. The molecule has 7 nitrogen and oxygen atoms in total. The Hall–Kier alpha value is -2.32. The molecule has 2 heterocycles. The van der Waals surface area contributed by atoms with Crippen molar-refractivity contribution in [3.63, 3.8) is 0 Å². The summed E-state index contributed by atoms with van der Waals surface area (Å²) >= 11 is 7.48. The van der Waals surface area contributed by atoms with Crippen molar-refractivity contribution >= 4 is 35.2 Å². The van der Waals surface area contributed by atoms with Crippen LogP contribution in [-0.4, -0.2) is 31.1 Å². The summed E-state index contributed by atoms with van der Waals surface area (Å²) in [4.78, 5) is 12.3. The number of nitrogens with one attached hydrogen (secondary N) is 1. The van der Waals surface area contributed by atoms with Gasteiger partial charge in [0.2, 0.25) is 11.8 Å². The molecule has 0 aliphatic heterocycles. The smallest absolute Gasteiger partial charge is 0.240 e. The number of anilines is 1. The molecule has 0 radical (unpaired) electrons. The second-order valence-electron chi connectivity index (χ2n) is 5.50. The number of nitrogens with zero attached hydrogens (tertiary/aromatic N) is 4. The first-order chi connectivity index (χ1) is 11.9. The Bertz CT molecular complexity index is 908. The first-order valence-corrected chi connectivity index (χ1v) is 8.77. The van der Waals surface area contributed by atoms with Crippen molar-refractivity contribution in [2.75, 3.05) is 5.32 Å². The molecule has 3 aromatic rings. The van der Waals surface area contributed by atoms with Gasteiger partial charge in [-0.25, -0.2) is 0 Å². The second-order valence-corrected chi connectivity index (χ2v) is 7.21. The van der Waals surface area contributed by atoms with Crippen LogP contribution in [0.15, 0.2) is 40.3 Å². The van der Waals surface area contributed by atoms with E-state index < -0.39 is 5.25 Å². The molecular weight excluding hydrogens is 362 g/mol. The molecule has 1 amide bonds. The fourth-order valence-electron chi connectivity index (χ4n) is 2.07. The number of rotatable bonds is 5. The van der Waals surface area contributed by atoms with Crippen LogP contribution in [0, 0.1) is 13.8 Å². The van der Waals surface area contributed by atoms with Gasteiger partial charge in [-0.05, 0) is 38.5 Å². The van der Waals surface area contributed by atoms with Gasteiger partial charge in [0.1, 0.15) is 6.33 Å². The Morgan fingerprint density at radius 3 is 2.84 bits per heavy atom. The first kappa shape index (κ1) is 17.5. The van der Waals surface area contributed by atoms with Gasteiger partial charge in [0.05, 0.1) is 16.6 Å². The summed E-state index contributed by atoms with van der Waals surface area (Å²) in [5.74, 6) is 0.111. The summed E-state index contributed by atoms with van der Waals surface area (Å²) in [7, 11) is 0. The Labute approximate surface area is 153 Å². The number of amides is 1. The molecule has 1 atom stereocenters. The minimum Gasteiger partial charge on any atom is -0.338 e. The largest absolute Gasteiger partial charge is 0.338 e. The summed E-state index contributed by atoms with van der Waals surface area (Å²) in [6, 6.07) is 7.35. The third-order valence-electron chi connectivity index (χ3n) is 3.48. The van der Waals surface area contributed by atoms with E-state index in [-0.39, 0.29) is 5.91 Å². The molecule has 0 fully saturated rings. The zero-order valence-corrected chi connectivity index (χ0v) is 15.4. The lowest BCUT2D eigenvalue weighted by molar-refractivity contribution is -0.115. The fourth-order valence-corrected chi connectivity index (χ4v) is 3.09. The molecule has 2 aromatic heterocycles. The zero-order valence-electron chi connectivity index (χ0n) is 13.9. The predicted octanol–water partition coefficient (Wildman–Crippen LogP) is 3.64. The maximum Gasteiger partial charge on any atom is 0.240 e. The van der Waals surface area contributed by atoms with Crippen molar-refractivity contribution < 1.29 is 9.32 Å². The highest BCUT2D eigenvalue weighted by atomic mass is 35.5. The number of carbonyl (C=O) groups excluding carboxylic acids is 1. The summed E-state index contributed by atoms with van der Waals surface area (Å²) in [6.45, 7) is 5.50. The van der Waals surface area contributed by atoms with Crippen molar-refractivity contribution in [3.05, 3.63) is 46.9 Å². The Balaban J connectivity index is 1.73. The Kier molecular flexibility index (Phi) is 5.10. The number of aryl methyl sites for hydroxylation is 2. The van der Waals surface area contributed by atoms with Gasteiger partial charge >= 0.3 is 0 Å². The van der Waals surface area contributed by atoms with E-state index in [4.69, 9.17) is 16.1 Å². The lowest BCUT2D eigenvalue weighted by atomic mass is 10.2. The highest BCUT2D eigenvalue weighted by Crippen LogP contribution is 2.26. The minimum atomic E-state index is -0.408. The number of carbonyl (C=O) groups is 1. The summed E-state index contributed by atoms with van der Waals surface area (Å²) in [5.41, 5.74) is 2.52. The molecule has 0 aliphatic carbocycles. The average molecular weight is 378 g/mol. The van der Waals surface area contributed by atoms with E-state index in [9.17, 15) is 4.79 Å². The lowest BCUT2D eigenvalue weighted by Gasteiger charge is -2.11. The molecule has 1 N–H and O–H groups in total. The zero-order chi connectivity index (χ0) is 18.0. The molecule has 0 spiro atoms. The molecule has 0 saturated heterocycles. The van der Waals surface area contributed by atoms with Crippen LogP contribution < -0.4 is 5.32 Å². The van der Waals surface area contributed by atoms with Crippen LogP contribution in [0.5, 0.6) is 0 Å². The molecule has 25 heavy (non-hydrogen) atoms. The second kappa shape index (κ2) is 7.28. The SMILES string of the molecule is Cc1cc(NC(=O)C(C)Sc2nncn2-c2ccc(C)c(Cl)c2)on1. The molecule has 130 valence electrons. The van der Waals surface area contributed by atoms with E-state index in [1.54, 1.807) is 30.8 Å². The van der Waals surface area contributed by atoms with Crippen molar-refractivity contribution in [1.82, 2.24) is 19.9 Å². The first-order valence-electron chi connectivity index (χ1n) is 7.51. The van der Waals surface area contributed by atoms with E-state index in [1.165, 1.54) is 11.8 Å². The van der Waals surface area contributed by atoms with Gasteiger partial charge in [0.25, 0.3) is 0 Å². The van der Waals surface area contributed by atoms with E-state index in [2.05, 4.69) is 20.7 Å². The molecule has 3 rings (SSSR count). The summed E-state index contributed by atoms with van der Waals surface area (Å²) < 4.78 is 6.79. The van der Waals surface area contributed by atoms with Crippen molar-refractivity contribution in [2.24, 2.45) is 0 Å². The Morgan fingerprint density at radius 2 is 2.16 bits per heavy atom. The van der Waals surface area contributed by atoms with Gasteiger partial charge in [-0.15, -0.1) is 10.2 Å². The standard InChI is InChI=1S/C16H16ClN5O2S/c1-9-4-5-12(7-13(9)17)22-8-18-20-16(22)25-11(3)15(23)19-14-6-10(2)21-24-14/h4-8,11H,1-3H3,(H,19,23). The number of thioether (sulfide) groups is 1. The lowest BCUT2D eigenvalue weighted by Crippen LogP contribution is -2.22. The third-order valence-corrected chi connectivity index (χ3v) is 4.94. The van der Waals surface area contributed by atoms with Crippen molar-refractivity contribution in [2.45, 2.75) is 31.2 Å². The monoisotopic (exact) mass is 377 g/mol. The summed E-state index contributed by atoms with van der Waals surface area (Å²) in [5, 5.41) is 15.3. The van der Waals surface area contributed by atoms with Crippen LogP contribution in [0.4, 0.5) is 5.88 Å². The van der Waals surface area contributed by atoms with Gasteiger partial charge < -0.3 is 4.52 Å². The van der Waals surface area contributed by atoms with Crippen molar-refractivity contribution in [1.29, 1.82) is 0 Å². The highest BCUT2D eigenvalue weighted by Gasteiger charge is 2.20. The fraction of sp³-hybridized carbons (Fsp3) is 0.250. The molecule has 0 bridgehead atoms. The molecule has 1 aromatic carbocycles. The molecule has 0 aliphatic rings. The van der Waals surface area contributed by atoms with Gasteiger partial charge in [-0.1, -0.05) is 34.6 Å². The van der Waals surface area contributed by atoms with E-state index in [1.807, 2.05) is 25.1 Å². The number of hydrogen-bond donors (Lipinski definition) is 1. The van der Waals surface area contributed by atoms with Crippen LogP contribution >= 0.6 is 23.4 Å². The number of halogens is 1. The highest BCUT2D eigenvalue weighted by molar-refractivity contribution is 8.00. The van der Waals surface area contributed by atoms with E-state index >= 15 is 0 Å². The Morgan fingerprint density at radius 1 is 1.36 bits per heavy atom. The van der Waals surface area contributed by atoms with Crippen LogP contribution in [-0.2, 0) is 4.79 Å². The van der Waals surface area contributed by atoms with Gasteiger partial charge in [0.15, 0.2) is 5.16 Å². The predicted molar refractivity (Wildman–Crippen MR) is 96.3 cm³/mol. The quantitative estimate of drug-likeness (QED) is 0.683. The molecule has 1 unspecified atom stereocenters. The molecule has 0 saturated carbocycles. The number of hydrogen-bond acceptors (Lipinski definition) is 6. The number of benzene rings is 1. The van der Waals surface area contributed by atoms with Crippen LogP contribution in [0.3, 0.4) is 0 Å².